The second kappa shape index (κ2) is 6.48. The fraction of sp³-hybridized carbons (Fsp3) is 0.0714. The van der Waals surface area contributed by atoms with Gasteiger partial charge >= 0.3 is 0 Å². The van der Waals surface area contributed by atoms with Gasteiger partial charge in [0.2, 0.25) is 5.89 Å². The normalized spacial score (nSPS) is 10.6. The van der Waals surface area contributed by atoms with Crippen molar-refractivity contribution in [1.82, 2.24) is 14.8 Å². The van der Waals surface area contributed by atoms with Crippen LogP contribution in [0.3, 0.4) is 0 Å². The van der Waals surface area contributed by atoms with E-state index in [9.17, 15) is 0 Å². The maximum Gasteiger partial charge on any atom is 0.289 e. The maximum atomic E-state index is 5.96. The molecule has 0 radical (unpaired) electrons. The highest BCUT2D eigenvalue weighted by molar-refractivity contribution is 7.71. The second-order valence-corrected chi connectivity index (χ2v) is 5.62. The molecule has 0 unspecified atom stereocenters. The Balaban J connectivity index is 1.79. The summed E-state index contributed by atoms with van der Waals surface area (Å²) in [5, 5.41) is 8.57. The summed E-state index contributed by atoms with van der Waals surface area (Å²) in [6, 6.07) is 8.80. The van der Waals surface area contributed by atoms with Crippen LogP contribution in [0.4, 0.5) is 5.69 Å². The number of benzene rings is 1. The molecule has 22 heavy (non-hydrogen) atoms. The number of rotatable bonds is 4. The molecule has 0 fully saturated rings. The van der Waals surface area contributed by atoms with Gasteiger partial charge in [0.15, 0.2) is 0 Å². The first-order valence-corrected chi connectivity index (χ1v) is 7.46. The van der Waals surface area contributed by atoms with Gasteiger partial charge in [-0.1, -0.05) is 23.2 Å². The van der Waals surface area contributed by atoms with Crippen molar-refractivity contribution < 1.29 is 4.42 Å². The van der Waals surface area contributed by atoms with E-state index in [0.29, 0.717) is 22.6 Å². The number of pyridine rings is 1. The Kier molecular flexibility index (Phi) is 4.42. The first kappa shape index (κ1) is 15.0. The highest BCUT2D eigenvalue weighted by atomic mass is 35.5. The van der Waals surface area contributed by atoms with Crippen LogP contribution in [-0.4, -0.2) is 14.8 Å². The summed E-state index contributed by atoms with van der Waals surface area (Å²) >= 11 is 17.1. The zero-order valence-electron chi connectivity index (χ0n) is 11.2. The summed E-state index contributed by atoms with van der Waals surface area (Å²) in [4.78, 5) is 4.22. The van der Waals surface area contributed by atoms with Gasteiger partial charge in [0.25, 0.3) is 4.84 Å². The van der Waals surface area contributed by atoms with Crippen LogP contribution in [0.2, 0.25) is 10.0 Å². The first-order chi connectivity index (χ1) is 10.6. The number of anilines is 1. The molecule has 2 heterocycles. The van der Waals surface area contributed by atoms with E-state index in [-0.39, 0.29) is 4.84 Å². The zero-order chi connectivity index (χ0) is 15.5. The molecule has 3 rings (SSSR count). The molecule has 0 bridgehead atoms. The Labute approximate surface area is 141 Å². The Bertz CT molecular complexity index is 827. The molecule has 0 spiro atoms. The van der Waals surface area contributed by atoms with Crippen LogP contribution in [0.25, 0.3) is 11.5 Å². The molecular weight excluding hydrogens is 343 g/mol. The molecule has 0 aliphatic rings. The van der Waals surface area contributed by atoms with Crippen molar-refractivity contribution in [2.45, 2.75) is 6.67 Å². The molecule has 2 aromatic heterocycles. The van der Waals surface area contributed by atoms with E-state index in [2.05, 4.69) is 15.4 Å². The second-order valence-electron chi connectivity index (χ2n) is 4.40. The van der Waals surface area contributed by atoms with Crippen molar-refractivity contribution in [1.29, 1.82) is 0 Å². The quantitative estimate of drug-likeness (QED) is 0.693. The van der Waals surface area contributed by atoms with E-state index in [1.54, 1.807) is 47.4 Å². The van der Waals surface area contributed by atoms with Crippen molar-refractivity contribution in [2.75, 3.05) is 5.32 Å². The summed E-state index contributed by atoms with van der Waals surface area (Å²) in [5.41, 5.74) is 1.58. The van der Waals surface area contributed by atoms with E-state index in [0.717, 1.165) is 11.3 Å². The van der Waals surface area contributed by atoms with E-state index in [1.807, 2.05) is 0 Å². The van der Waals surface area contributed by atoms with E-state index < -0.39 is 0 Å². The van der Waals surface area contributed by atoms with Gasteiger partial charge in [-0.2, -0.15) is 0 Å². The van der Waals surface area contributed by atoms with Crippen LogP contribution in [-0.2, 0) is 6.67 Å². The molecule has 0 saturated carbocycles. The SMILES string of the molecule is S=c1oc(-c2ccncc2)nn1CNc1cc(Cl)cc(Cl)c1. The molecule has 1 N–H and O–H groups in total. The lowest BCUT2D eigenvalue weighted by molar-refractivity contribution is 0.522. The Morgan fingerprint density at radius 1 is 1.14 bits per heavy atom. The molecule has 8 heteroatoms. The maximum absolute atomic E-state index is 5.96. The minimum absolute atomic E-state index is 0.271. The van der Waals surface area contributed by atoms with Gasteiger partial charge in [-0.3, -0.25) is 4.98 Å². The summed E-state index contributed by atoms with van der Waals surface area (Å²) < 4.78 is 7.02. The van der Waals surface area contributed by atoms with Gasteiger partial charge < -0.3 is 9.73 Å². The lowest BCUT2D eigenvalue weighted by atomic mass is 10.3. The van der Waals surface area contributed by atoms with Crippen LogP contribution < -0.4 is 5.32 Å². The number of halogens is 2. The molecule has 0 amide bonds. The van der Waals surface area contributed by atoms with Crippen LogP contribution in [0.15, 0.2) is 47.1 Å². The summed E-state index contributed by atoms with van der Waals surface area (Å²) in [6.07, 6.45) is 3.33. The molecule has 5 nitrogen and oxygen atoms in total. The Morgan fingerprint density at radius 3 is 2.50 bits per heavy atom. The predicted molar refractivity (Wildman–Crippen MR) is 88.6 cm³/mol. The topological polar surface area (TPSA) is 55.9 Å². The molecule has 0 aliphatic heterocycles. The molecule has 112 valence electrons. The third kappa shape index (κ3) is 3.47. The minimum Gasteiger partial charge on any atom is -0.409 e. The smallest absolute Gasteiger partial charge is 0.289 e. The van der Waals surface area contributed by atoms with Gasteiger partial charge in [-0.05, 0) is 42.5 Å². The van der Waals surface area contributed by atoms with Crippen molar-refractivity contribution in [3.63, 3.8) is 0 Å². The fourth-order valence-electron chi connectivity index (χ4n) is 1.84. The monoisotopic (exact) mass is 352 g/mol. The van der Waals surface area contributed by atoms with Gasteiger partial charge in [0, 0.05) is 33.7 Å². The summed E-state index contributed by atoms with van der Waals surface area (Å²) in [5.74, 6) is 0.443. The molecule has 0 atom stereocenters. The molecule has 0 aliphatic carbocycles. The molecule has 1 aromatic carbocycles. The van der Waals surface area contributed by atoms with Crippen molar-refractivity contribution in [2.24, 2.45) is 0 Å². The van der Waals surface area contributed by atoms with Gasteiger partial charge in [0.1, 0.15) is 6.67 Å². The van der Waals surface area contributed by atoms with E-state index >= 15 is 0 Å². The third-order valence-electron chi connectivity index (χ3n) is 2.83. The van der Waals surface area contributed by atoms with Gasteiger partial charge in [-0.15, -0.1) is 5.10 Å². The van der Waals surface area contributed by atoms with E-state index in [4.69, 9.17) is 39.8 Å². The predicted octanol–water partition coefficient (Wildman–Crippen LogP) is 4.64. The third-order valence-corrected chi connectivity index (χ3v) is 3.56. The first-order valence-electron chi connectivity index (χ1n) is 6.30. The van der Waals surface area contributed by atoms with Crippen LogP contribution in [0, 0.1) is 4.84 Å². The van der Waals surface area contributed by atoms with Gasteiger partial charge in [0.05, 0.1) is 0 Å². The number of hydrogen-bond acceptors (Lipinski definition) is 5. The number of hydrogen-bond donors (Lipinski definition) is 1. The van der Waals surface area contributed by atoms with Crippen molar-refractivity contribution in [3.8, 4) is 11.5 Å². The molecular formula is C14H10Cl2N4OS. The number of aromatic nitrogens is 3. The van der Waals surface area contributed by atoms with Gasteiger partial charge in [-0.25, -0.2) is 4.68 Å². The van der Waals surface area contributed by atoms with Crippen molar-refractivity contribution in [3.05, 3.63) is 57.6 Å². The Morgan fingerprint density at radius 2 is 1.82 bits per heavy atom. The number of nitrogens with one attached hydrogen (secondary N) is 1. The van der Waals surface area contributed by atoms with Crippen LogP contribution >= 0.6 is 35.4 Å². The van der Waals surface area contributed by atoms with Crippen LogP contribution in [0.5, 0.6) is 0 Å². The average Bonchev–Trinajstić information content (AvgIpc) is 2.86. The minimum atomic E-state index is 0.271. The molecule has 3 aromatic rings. The van der Waals surface area contributed by atoms with Crippen LogP contribution in [0.1, 0.15) is 0 Å². The van der Waals surface area contributed by atoms with Crippen molar-refractivity contribution >= 4 is 41.1 Å². The standard InChI is InChI=1S/C14H10Cl2N4OS/c15-10-5-11(16)7-12(6-10)18-8-20-14(22)21-13(19-20)9-1-3-17-4-2-9/h1-7,18H,8H2. The fourth-order valence-corrected chi connectivity index (χ4v) is 2.55. The largest absolute Gasteiger partial charge is 0.409 e. The molecule has 0 saturated heterocycles. The Hall–Kier alpha value is -1.89. The number of nitrogens with zero attached hydrogens (tertiary/aromatic N) is 3. The highest BCUT2D eigenvalue weighted by Crippen LogP contribution is 2.22. The summed E-state index contributed by atoms with van der Waals surface area (Å²) in [6.45, 7) is 0.337. The average molecular weight is 353 g/mol. The summed E-state index contributed by atoms with van der Waals surface area (Å²) in [7, 11) is 0. The lowest BCUT2D eigenvalue weighted by Crippen LogP contribution is -2.09. The lowest BCUT2D eigenvalue weighted by Gasteiger charge is -2.06. The van der Waals surface area contributed by atoms with E-state index in [1.165, 1.54) is 0 Å². The zero-order valence-corrected chi connectivity index (χ0v) is 13.5. The highest BCUT2D eigenvalue weighted by Gasteiger charge is 2.08.